The van der Waals surface area contributed by atoms with Crippen LogP contribution in [0.15, 0.2) is 84.0 Å². The van der Waals surface area contributed by atoms with Gasteiger partial charge in [0.05, 0.1) is 29.7 Å². The fourth-order valence-electron chi connectivity index (χ4n) is 7.12. The van der Waals surface area contributed by atoms with Gasteiger partial charge in [0.15, 0.2) is 5.60 Å². The van der Waals surface area contributed by atoms with Gasteiger partial charge >= 0.3 is 0 Å². The van der Waals surface area contributed by atoms with Crippen LogP contribution >= 0.6 is 0 Å². The number of hydrogen-bond acceptors (Lipinski definition) is 5. The fourth-order valence-corrected chi connectivity index (χ4v) is 9.66. The van der Waals surface area contributed by atoms with Gasteiger partial charge < -0.3 is 18.9 Å². The van der Waals surface area contributed by atoms with Gasteiger partial charge in [0, 0.05) is 36.5 Å². The molecule has 42 heavy (non-hydrogen) atoms. The van der Waals surface area contributed by atoms with Crippen molar-refractivity contribution in [3.8, 4) is 0 Å². The normalized spacial score (nSPS) is 25.7. The number of rotatable bonds is 7. The molecule has 1 spiro atoms. The molecule has 1 N–H and O–H groups in total. The lowest BCUT2D eigenvalue weighted by atomic mass is 9.82. The number of ether oxygens (including phenoxy) is 1. The summed E-state index contributed by atoms with van der Waals surface area (Å²) in [7, 11) is -3.25. The summed E-state index contributed by atoms with van der Waals surface area (Å²) in [5, 5.41) is 15.9. The highest BCUT2D eigenvalue weighted by atomic mass is 28.4. The second-order valence-electron chi connectivity index (χ2n) is 12.0. The molecule has 0 unspecified atom stereocenters. The molecule has 7 nitrogen and oxygen atoms in total. The van der Waals surface area contributed by atoms with Crippen LogP contribution in [-0.2, 0) is 26.5 Å². The number of anilines is 2. The molecule has 3 aliphatic rings. The van der Waals surface area contributed by atoms with Gasteiger partial charge in [-0.3, -0.25) is 9.59 Å². The van der Waals surface area contributed by atoms with Crippen LogP contribution in [0.25, 0.3) is 0 Å². The van der Waals surface area contributed by atoms with Crippen molar-refractivity contribution in [2.75, 3.05) is 16.5 Å². The molecule has 0 radical (unpaired) electrons. The van der Waals surface area contributed by atoms with Crippen LogP contribution in [0.1, 0.15) is 42.9 Å². The zero-order valence-electron chi connectivity index (χ0n) is 24.2. The van der Waals surface area contributed by atoms with Crippen molar-refractivity contribution < 1.29 is 23.5 Å². The molecular formula is C33H36FN3O4Si. The maximum Gasteiger partial charge on any atom is 0.264 e. The Balaban J connectivity index is 1.33. The van der Waals surface area contributed by atoms with Crippen LogP contribution in [0.2, 0.25) is 18.6 Å². The molecule has 0 bridgehead atoms. The van der Waals surface area contributed by atoms with E-state index in [4.69, 9.17) is 9.84 Å². The second kappa shape index (κ2) is 10.9. The minimum Gasteiger partial charge on any atom is -0.396 e. The summed E-state index contributed by atoms with van der Waals surface area (Å²) >= 11 is 0. The Kier molecular flexibility index (Phi) is 7.37. The van der Waals surface area contributed by atoms with Crippen molar-refractivity contribution in [3.05, 3.63) is 95.6 Å². The fraction of sp³-hybridized carbons (Fsp3) is 0.364. The lowest BCUT2D eigenvalue weighted by molar-refractivity contribution is -0.146. The highest BCUT2D eigenvalue weighted by Crippen LogP contribution is 2.60. The standard InChI is InChI=1S/C33H36FN3O4Si/c1-22-31(42(2,3)34)29(18-19-38)41-33(22)26-14-7-8-15-28(26)36(32(33)40)21-23-10-9-13-25(20-23)37-30(39)17-16-27(35-37)24-11-5-4-6-12-24/h4-15,20,22,29,31,38H,16-19,21H2,1-3H3/t22-,29+,31-,33+/m1/s1. The number of aliphatic hydroxyl groups is 1. The number of hydrazone groups is 1. The third-order valence-electron chi connectivity index (χ3n) is 8.92. The number of para-hydroxylation sites is 1. The topological polar surface area (TPSA) is 82.4 Å². The number of aliphatic hydroxyl groups excluding tert-OH is 1. The van der Waals surface area contributed by atoms with Crippen LogP contribution in [-0.4, -0.2) is 43.8 Å². The largest absolute Gasteiger partial charge is 0.396 e. The Morgan fingerprint density at radius 2 is 1.76 bits per heavy atom. The van der Waals surface area contributed by atoms with E-state index in [1.54, 1.807) is 18.0 Å². The van der Waals surface area contributed by atoms with Crippen molar-refractivity contribution in [1.82, 2.24) is 0 Å². The highest BCUT2D eigenvalue weighted by Gasteiger charge is 2.66. The molecule has 0 aromatic heterocycles. The highest BCUT2D eigenvalue weighted by molar-refractivity contribution is 6.72. The van der Waals surface area contributed by atoms with E-state index >= 15 is 4.11 Å². The molecule has 3 aromatic carbocycles. The quantitative estimate of drug-likeness (QED) is 0.276. The van der Waals surface area contributed by atoms with Gasteiger partial charge in [-0.15, -0.1) is 0 Å². The number of benzene rings is 3. The molecule has 3 heterocycles. The molecular weight excluding hydrogens is 549 g/mol. The van der Waals surface area contributed by atoms with E-state index in [1.165, 1.54) is 5.01 Å². The minimum absolute atomic E-state index is 0.0828. The third kappa shape index (κ3) is 4.69. The SMILES string of the molecule is C[C@@H]1[C@@H]([Si](C)(C)F)[C@H](CCO)O[C@@]12C(=O)N(Cc1cccc(N3N=C(c4ccccc4)CCC3=O)c1)c1ccccc12. The lowest BCUT2D eigenvalue weighted by Gasteiger charge is -2.31. The zero-order chi connectivity index (χ0) is 29.6. The second-order valence-corrected chi connectivity index (χ2v) is 15.8. The maximum atomic E-state index is 15.7. The van der Waals surface area contributed by atoms with E-state index in [2.05, 4.69) is 0 Å². The van der Waals surface area contributed by atoms with Crippen molar-refractivity contribution in [2.45, 2.75) is 63.1 Å². The Hall–Kier alpha value is -3.66. The Morgan fingerprint density at radius 3 is 2.50 bits per heavy atom. The Labute approximate surface area is 246 Å². The number of halogens is 1. The van der Waals surface area contributed by atoms with Gasteiger partial charge in [0.25, 0.3) is 5.91 Å². The maximum absolute atomic E-state index is 15.7. The first kappa shape index (κ1) is 28.5. The van der Waals surface area contributed by atoms with Gasteiger partial charge in [0.1, 0.15) is 0 Å². The Bertz CT molecular complexity index is 1540. The summed E-state index contributed by atoms with van der Waals surface area (Å²) < 4.78 is 22.3. The molecule has 0 saturated carbocycles. The van der Waals surface area contributed by atoms with E-state index in [-0.39, 0.29) is 31.4 Å². The van der Waals surface area contributed by atoms with Crippen LogP contribution in [0.3, 0.4) is 0 Å². The van der Waals surface area contributed by atoms with E-state index in [0.717, 1.165) is 28.1 Å². The van der Waals surface area contributed by atoms with Crippen LogP contribution in [0.5, 0.6) is 0 Å². The van der Waals surface area contributed by atoms with Crippen molar-refractivity contribution in [2.24, 2.45) is 11.0 Å². The van der Waals surface area contributed by atoms with Gasteiger partial charge in [0.2, 0.25) is 14.3 Å². The third-order valence-corrected chi connectivity index (χ3v) is 11.4. The predicted octanol–water partition coefficient (Wildman–Crippen LogP) is 5.92. The van der Waals surface area contributed by atoms with Crippen LogP contribution in [0, 0.1) is 5.92 Å². The number of amides is 2. The summed E-state index contributed by atoms with van der Waals surface area (Å²) in [6.07, 6.45) is 0.677. The molecule has 6 rings (SSSR count). The molecule has 3 aromatic rings. The van der Waals surface area contributed by atoms with E-state index < -0.39 is 31.6 Å². The molecule has 4 atom stereocenters. The zero-order valence-corrected chi connectivity index (χ0v) is 25.2. The summed E-state index contributed by atoms with van der Waals surface area (Å²) in [6, 6.07) is 24.9. The van der Waals surface area contributed by atoms with E-state index in [9.17, 15) is 14.7 Å². The smallest absolute Gasteiger partial charge is 0.264 e. The summed E-state index contributed by atoms with van der Waals surface area (Å²) in [5.74, 6) is -0.702. The van der Waals surface area contributed by atoms with E-state index in [1.807, 2.05) is 85.8 Å². The monoisotopic (exact) mass is 585 g/mol. The predicted molar refractivity (Wildman–Crippen MR) is 164 cm³/mol. The Morgan fingerprint density at radius 1 is 1.02 bits per heavy atom. The number of nitrogens with zero attached hydrogens (tertiary/aromatic N) is 3. The average molecular weight is 586 g/mol. The number of carbonyl (C=O) groups is 2. The van der Waals surface area contributed by atoms with Crippen molar-refractivity contribution in [1.29, 1.82) is 0 Å². The summed E-state index contributed by atoms with van der Waals surface area (Å²) in [4.78, 5) is 29.1. The molecule has 3 aliphatic heterocycles. The number of carbonyl (C=O) groups excluding carboxylic acids is 2. The summed E-state index contributed by atoms with van der Waals surface area (Å²) in [6.45, 7) is 5.35. The molecule has 1 fully saturated rings. The van der Waals surface area contributed by atoms with E-state index in [0.29, 0.717) is 18.5 Å². The lowest BCUT2D eigenvalue weighted by Crippen LogP contribution is -2.45. The van der Waals surface area contributed by atoms with Gasteiger partial charge in [-0.1, -0.05) is 67.6 Å². The van der Waals surface area contributed by atoms with Gasteiger partial charge in [-0.2, -0.15) is 5.10 Å². The van der Waals surface area contributed by atoms with Gasteiger partial charge in [-0.05, 0) is 48.8 Å². The molecule has 218 valence electrons. The molecule has 2 amide bonds. The van der Waals surface area contributed by atoms with Gasteiger partial charge in [-0.25, -0.2) is 5.01 Å². The number of fused-ring (bicyclic) bond motifs is 2. The molecule has 9 heteroatoms. The first-order valence-corrected chi connectivity index (χ1v) is 17.5. The number of hydrogen-bond donors (Lipinski definition) is 1. The van der Waals surface area contributed by atoms with Crippen molar-refractivity contribution in [3.63, 3.8) is 0 Å². The first-order chi connectivity index (χ1) is 20.1. The first-order valence-electron chi connectivity index (χ1n) is 14.6. The molecule has 0 aliphatic carbocycles. The van der Waals surface area contributed by atoms with Crippen LogP contribution < -0.4 is 9.91 Å². The molecule has 1 saturated heterocycles. The van der Waals surface area contributed by atoms with Crippen molar-refractivity contribution >= 4 is 37.3 Å². The average Bonchev–Trinajstić information content (AvgIpc) is 3.41. The minimum atomic E-state index is -3.25. The summed E-state index contributed by atoms with van der Waals surface area (Å²) in [5.41, 5.74) is 3.03. The van der Waals surface area contributed by atoms with Crippen LogP contribution in [0.4, 0.5) is 15.5 Å².